The Kier molecular flexibility index (Phi) is 5.13. The van der Waals surface area contributed by atoms with Crippen LogP contribution in [0, 0.1) is 5.92 Å². The molecule has 3 aliphatic heterocycles. The molecule has 0 N–H and O–H groups in total. The second kappa shape index (κ2) is 8.62. The summed E-state index contributed by atoms with van der Waals surface area (Å²) >= 11 is 0. The van der Waals surface area contributed by atoms with Gasteiger partial charge < -0.3 is 4.74 Å². The molecule has 0 aliphatic carbocycles. The molecular formula is C31H29N3O. The maximum atomic E-state index is 6.49. The second-order valence-corrected chi connectivity index (χ2v) is 10.2. The van der Waals surface area contributed by atoms with E-state index >= 15 is 0 Å². The largest absolute Gasteiger partial charge is 0.457 e. The van der Waals surface area contributed by atoms with Crippen LogP contribution in [0.3, 0.4) is 0 Å². The van der Waals surface area contributed by atoms with E-state index in [2.05, 4.69) is 75.5 Å². The quantitative estimate of drug-likeness (QED) is 0.335. The molecule has 2 saturated heterocycles. The number of benzene rings is 2. The van der Waals surface area contributed by atoms with Crippen molar-refractivity contribution in [1.82, 2.24) is 14.9 Å². The molecule has 5 heterocycles. The van der Waals surface area contributed by atoms with Gasteiger partial charge in [-0.15, -0.1) is 0 Å². The highest BCUT2D eigenvalue weighted by Gasteiger charge is 2.45. The summed E-state index contributed by atoms with van der Waals surface area (Å²) < 4.78 is 6.49. The normalized spacial score (nSPS) is 24.9. The molecule has 0 amide bonds. The van der Waals surface area contributed by atoms with Gasteiger partial charge in [-0.05, 0) is 67.5 Å². The summed E-state index contributed by atoms with van der Waals surface area (Å²) in [5, 5.41) is 0. The van der Waals surface area contributed by atoms with Gasteiger partial charge in [0.25, 0.3) is 0 Å². The topological polar surface area (TPSA) is 38.2 Å². The lowest BCUT2D eigenvalue weighted by Crippen LogP contribution is -2.44. The van der Waals surface area contributed by atoms with Crippen LogP contribution in [0.15, 0.2) is 91.4 Å². The molecule has 2 fully saturated rings. The van der Waals surface area contributed by atoms with E-state index in [0.717, 1.165) is 29.2 Å². The van der Waals surface area contributed by atoms with Crippen LogP contribution < -0.4 is 4.74 Å². The minimum Gasteiger partial charge on any atom is -0.457 e. The summed E-state index contributed by atoms with van der Waals surface area (Å²) in [5.41, 5.74) is 6.14. The molecule has 4 aromatic rings. The van der Waals surface area contributed by atoms with Gasteiger partial charge in [-0.25, -0.2) is 0 Å². The zero-order chi connectivity index (χ0) is 23.2. The second-order valence-electron chi connectivity index (χ2n) is 10.2. The highest BCUT2D eigenvalue weighted by Crippen LogP contribution is 2.53. The Morgan fingerprint density at radius 3 is 2.40 bits per heavy atom. The fourth-order valence-corrected chi connectivity index (χ4v) is 6.74. The van der Waals surface area contributed by atoms with E-state index in [-0.39, 0.29) is 0 Å². The number of hydrogen-bond acceptors (Lipinski definition) is 4. The molecule has 0 radical (unpaired) electrons. The number of pyridine rings is 2. The molecule has 35 heavy (non-hydrogen) atoms. The Morgan fingerprint density at radius 1 is 0.771 bits per heavy atom. The summed E-state index contributed by atoms with van der Waals surface area (Å²) in [6.45, 7) is 0.971. The highest BCUT2D eigenvalue weighted by atomic mass is 16.5. The molecule has 4 nitrogen and oxygen atoms in total. The first-order valence-electron chi connectivity index (χ1n) is 12.8. The van der Waals surface area contributed by atoms with Crippen molar-refractivity contribution in [2.75, 3.05) is 0 Å². The van der Waals surface area contributed by atoms with Crippen LogP contribution in [0.2, 0.25) is 0 Å². The SMILES string of the molecule is c1ccc(CN2C3CCC2CC(C2c4ccccc4Oc4cc(-c5cccnc5)ccc42)C3)nc1. The summed E-state index contributed by atoms with van der Waals surface area (Å²) in [5.74, 6) is 2.99. The van der Waals surface area contributed by atoms with Crippen LogP contribution in [0.5, 0.6) is 11.5 Å². The maximum absolute atomic E-state index is 6.49. The number of rotatable bonds is 4. The van der Waals surface area contributed by atoms with Gasteiger partial charge in [0.1, 0.15) is 11.5 Å². The van der Waals surface area contributed by atoms with Crippen LogP contribution in [0.4, 0.5) is 0 Å². The lowest BCUT2D eigenvalue weighted by molar-refractivity contribution is 0.0876. The Balaban J connectivity index is 1.22. The van der Waals surface area contributed by atoms with E-state index in [9.17, 15) is 0 Å². The predicted octanol–water partition coefficient (Wildman–Crippen LogP) is 6.82. The van der Waals surface area contributed by atoms with Crippen molar-refractivity contribution < 1.29 is 4.74 Å². The standard InChI is InChI=1S/C31H29N3O/c1-2-9-29-27(8-1)31(28-13-10-21(18-30(28)35-29)22-6-5-14-32-19-22)23-16-25-11-12-26(17-23)34(25)20-24-7-3-4-15-33-24/h1-10,13-15,18-19,23,25-26,31H,11-12,16-17,20H2. The van der Waals surface area contributed by atoms with Gasteiger partial charge >= 0.3 is 0 Å². The van der Waals surface area contributed by atoms with Crippen LogP contribution in [-0.2, 0) is 6.54 Å². The van der Waals surface area contributed by atoms with Crippen LogP contribution in [-0.4, -0.2) is 27.0 Å². The fourth-order valence-electron chi connectivity index (χ4n) is 6.74. The van der Waals surface area contributed by atoms with Crippen molar-refractivity contribution in [3.05, 3.63) is 108 Å². The van der Waals surface area contributed by atoms with Crippen molar-refractivity contribution >= 4 is 0 Å². The van der Waals surface area contributed by atoms with Crippen LogP contribution in [0.1, 0.15) is 48.4 Å². The number of nitrogens with zero attached hydrogens (tertiary/aromatic N) is 3. The number of piperidine rings is 1. The van der Waals surface area contributed by atoms with Crippen molar-refractivity contribution in [2.45, 2.75) is 50.2 Å². The predicted molar refractivity (Wildman–Crippen MR) is 137 cm³/mol. The van der Waals surface area contributed by atoms with Gasteiger partial charge in [0.05, 0.1) is 5.69 Å². The van der Waals surface area contributed by atoms with E-state index in [1.807, 2.05) is 30.7 Å². The van der Waals surface area contributed by atoms with E-state index in [1.165, 1.54) is 42.5 Å². The third-order valence-electron chi connectivity index (χ3n) is 8.28. The van der Waals surface area contributed by atoms with E-state index < -0.39 is 0 Å². The minimum atomic E-state index is 0.373. The van der Waals surface area contributed by atoms with E-state index in [4.69, 9.17) is 4.74 Å². The van der Waals surface area contributed by atoms with Crippen LogP contribution in [0.25, 0.3) is 11.1 Å². The molecule has 7 rings (SSSR count). The zero-order valence-electron chi connectivity index (χ0n) is 19.8. The first-order valence-corrected chi connectivity index (χ1v) is 12.8. The highest BCUT2D eigenvalue weighted by molar-refractivity contribution is 5.67. The first kappa shape index (κ1) is 20.8. The van der Waals surface area contributed by atoms with Crippen molar-refractivity contribution in [1.29, 1.82) is 0 Å². The Labute approximate surface area is 206 Å². The van der Waals surface area contributed by atoms with Gasteiger partial charge in [0.15, 0.2) is 0 Å². The van der Waals surface area contributed by atoms with Gasteiger partial charge in [-0.1, -0.05) is 42.5 Å². The summed E-state index contributed by atoms with van der Waals surface area (Å²) in [6, 6.07) is 27.0. The van der Waals surface area contributed by atoms with Crippen molar-refractivity contribution in [3.8, 4) is 22.6 Å². The molecule has 2 aromatic heterocycles. The van der Waals surface area contributed by atoms with Gasteiger partial charge in [0, 0.05) is 59.8 Å². The van der Waals surface area contributed by atoms with Crippen molar-refractivity contribution in [2.24, 2.45) is 5.92 Å². The first-order chi connectivity index (χ1) is 17.3. The molecule has 3 aliphatic rings. The smallest absolute Gasteiger partial charge is 0.131 e. The van der Waals surface area contributed by atoms with Gasteiger partial charge in [-0.2, -0.15) is 0 Å². The third-order valence-corrected chi connectivity index (χ3v) is 8.28. The summed E-state index contributed by atoms with van der Waals surface area (Å²) in [7, 11) is 0. The average molecular weight is 460 g/mol. The molecule has 2 aromatic carbocycles. The lowest BCUT2D eigenvalue weighted by Gasteiger charge is -2.43. The Bertz CT molecular complexity index is 1330. The monoisotopic (exact) mass is 459 g/mol. The molecule has 0 spiro atoms. The Hall–Kier alpha value is -3.50. The number of ether oxygens (including phenoxy) is 1. The Morgan fingerprint density at radius 2 is 1.60 bits per heavy atom. The molecule has 0 saturated carbocycles. The zero-order valence-corrected chi connectivity index (χ0v) is 19.8. The minimum absolute atomic E-state index is 0.373. The summed E-state index contributed by atoms with van der Waals surface area (Å²) in [6.07, 6.45) is 10.7. The van der Waals surface area contributed by atoms with E-state index in [0.29, 0.717) is 23.9 Å². The molecule has 4 heteroatoms. The number of aromatic nitrogens is 2. The summed E-state index contributed by atoms with van der Waals surface area (Å²) in [4.78, 5) is 11.6. The molecule has 174 valence electrons. The lowest BCUT2D eigenvalue weighted by atomic mass is 9.72. The number of para-hydroxylation sites is 1. The molecule has 3 atom stereocenters. The third kappa shape index (κ3) is 3.73. The maximum Gasteiger partial charge on any atom is 0.131 e. The average Bonchev–Trinajstić information content (AvgIpc) is 3.14. The fraction of sp³-hybridized carbons (Fsp3) is 0.290. The molecule has 2 bridgehead atoms. The van der Waals surface area contributed by atoms with E-state index in [1.54, 1.807) is 0 Å². The van der Waals surface area contributed by atoms with Crippen molar-refractivity contribution in [3.63, 3.8) is 0 Å². The molecule has 3 unspecified atom stereocenters. The number of fused-ring (bicyclic) bond motifs is 4. The van der Waals surface area contributed by atoms with Gasteiger partial charge in [-0.3, -0.25) is 14.9 Å². The van der Waals surface area contributed by atoms with Gasteiger partial charge in [0.2, 0.25) is 0 Å². The number of hydrogen-bond donors (Lipinski definition) is 0. The van der Waals surface area contributed by atoms with Crippen LogP contribution >= 0.6 is 0 Å². The molecular weight excluding hydrogens is 430 g/mol.